The van der Waals surface area contributed by atoms with Crippen LogP contribution < -0.4 is 0 Å². The van der Waals surface area contributed by atoms with Crippen molar-refractivity contribution in [1.29, 1.82) is 0 Å². The summed E-state index contributed by atoms with van der Waals surface area (Å²) in [6.07, 6.45) is 4.05. The third-order valence-corrected chi connectivity index (χ3v) is 2.58. The summed E-state index contributed by atoms with van der Waals surface area (Å²) < 4.78 is 0.908. The van der Waals surface area contributed by atoms with Crippen LogP contribution in [0, 0.1) is 0 Å². The monoisotopic (exact) mass is 224 g/mol. The van der Waals surface area contributed by atoms with E-state index < -0.39 is 0 Å². The van der Waals surface area contributed by atoms with Gasteiger partial charge in [-0.25, -0.2) is 4.98 Å². The fourth-order valence-corrected chi connectivity index (χ4v) is 1.84. The molecule has 0 bridgehead atoms. The van der Waals surface area contributed by atoms with Crippen molar-refractivity contribution in [2.24, 2.45) is 4.99 Å². The van der Waals surface area contributed by atoms with Gasteiger partial charge in [0.15, 0.2) is 0 Å². The topological polar surface area (TPSA) is 25.2 Å². The van der Waals surface area contributed by atoms with Crippen molar-refractivity contribution in [1.82, 2.24) is 4.98 Å². The Morgan fingerprint density at radius 2 is 2.33 bits per heavy atom. The molecule has 0 atom stereocenters. The summed E-state index contributed by atoms with van der Waals surface area (Å²) in [7, 11) is 0. The lowest BCUT2D eigenvalue weighted by Gasteiger charge is -2.00. The molecule has 1 aromatic heterocycles. The molecule has 12 heavy (non-hydrogen) atoms. The summed E-state index contributed by atoms with van der Waals surface area (Å²) in [6, 6.07) is 4.00. The van der Waals surface area contributed by atoms with Gasteiger partial charge < -0.3 is 0 Å². The SMILES string of the molecule is Brc1ncccc1C1=NCCC1. The molecule has 0 saturated heterocycles. The predicted molar refractivity (Wildman–Crippen MR) is 52.6 cm³/mol. The molecule has 0 unspecified atom stereocenters. The third-order valence-electron chi connectivity index (χ3n) is 1.94. The Morgan fingerprint density at radius 1 is 1.42 bits per heavy atom. The van der Waals surface area contributed by atoms with Crippen molar-refractivity contribution < 1.29 is 0 Å². The molecule has 2 heterocycles. The fraction of sp³-hybridized carbons (Fsp3) is 0.333. The minimum Gasteiger partial charge on any atom is -0.289 e. The van der Waals surface area contributed by atoms with Gasteiger partial charge in [-0.2, -0.15) is 0 Å². The smallest absolute Gasteiger partial charge is 0.115 e. The standard InChI is InChI=1S/C9H9BrN2/c10-9-7(3-1-6-12-9)8-4-2-5-11-8/h1,3,6H,2,4-5H2. The highest BCUT2D eigenvalue weighted by Gasteiger charge is 2.11. The minimum absolute atomic E-state index is 0.908. The molecular weight excluding hydrogens is 216 g/mol. The van der Waals surface area contributed by atoms with Crippen molar-refractivity contribution in [2.75, 3.05) is 6.54 Å². The van der Waals surface area contributed by atoms with Gasteiger partial charge in [-0.15, -0.1) is 0 Å². The van der Waals surface area contributed by atoms with E-state index in [1.54, 1.807) is 6.20 Å². The number of hydrogen-bond acceptors (Lipinski definition) is 2. The van der Waals surface area contributed by atoms with Crippen molar-refractivity contribution in [3.63, 3.8) is 0 Å². The van der Waals surface area contributed by atoms with Crippen LogP contribution in [0.2, 0.25) is 0 Å². The van der Waals surface area contributed by atoms with E-state index in [1.165, 1.54) is 12.1 Å². The molecule has 62 valence electrons. The van der Waals surface area contributed by atoms with Crippen LogP contribution in [0.4, 0.5) is 0 Å². The fourth-order valence-electron chi connectivity index (χ4n) is 1.36. The molecule has 0 aliphatic carbocycles. The van der Waals surface area contributed by atoms with Crippen LogP contribution in [-0.4, -0.2) is 17.2 Å². The maximum atomic E-state index is 4.41. The number of aromatic nitrogens is 1. The summed E-state index contributed by atoms with van der Waals surface area (Å²) in [5.74, 6) is 0. The van der Waals surface area contributed by atoms with Gasteiger partial charge in [0.25, 0.3) is 0 Å². The first-order valence-corrected chi connectivity index (χ1v) is 4.81. The van der Waals surface area contributed by atoms with E-state index in [4.69, 9.17) is 0 Å². The molecule has 1 aliphatic rings. The highest BCUT2D eigenvalue weighted by atomic mass is 79.9. The number of nitrogens with zero attached hydrogens (tertiary/aromatic N) is 2. The Hall–Kier alpha value is -0.700. The van der Waals surface area contributed by atoms with Gasteiger partial charge in [-0.1, -0.05) is 0 Å². The van der Waals surface area contributed by atoms with Crippen LogP contribution in [0.1, 0.15) is 18.4 Å². The average Bonchev–Trinajstić information content (AvgIpc) is 2.57. The molecule has 2 nitrogen and oxygen atoms in total. The largest absolute Gasteiger partial charge is 0.289 e. The molecule has 1 aliphatic heterocycles. The summed E-state index contributed by atoms with van der Waals surface area (Å²) in [5, 5.41) is 0. The minimum atomic E-state index is 0.908. The van der Waals surface area contributed by atoms with E-state index in [0.717, 1.165) is 23.1 Å². The van der Waals surface area contributed by atoms with Crippen LogP contribution >= 0.6 is 15.9 Å². The van der Waals surface area contributed by atoms with E-state index in [2.05, 4.69) is 32.0 Å². The lowest BCUT2D eigenvalue weighted by atomic mass is 10.1. The van der Waals surface area contributed by atoms with E-state index in [1.807, 2.05) is 6.07 Å². The summed E-state index contributed by atoms with van der Waals surface area (Å²) in [6.45, 7) is 0.969. The number of rotatable bonds is 1. The Labute approximate surface area is 79.9 Å². The van der Waals surface area contributed by atoms with E-state index in [9.17, 15) is 0 Å². The zero-order chi connectivity index (χ0) is 8.39. The Bertz CT molecular complexity index is 320. The van der Waals surface area contributed by atoms with Gasteiger partial charge in [-0.3, -0.25) is 4.99 Å². The lowest BCUT2D eigenvalue weighted by molar-refractivity contribution is 0.951. The zero-order valence-electron chi connectivity index (χ0n) is 6.63. The van der Waals surface area contributed by atoms with Gasteiger partial charge in [-0.05, 0) is 40.9 Å². The molecule has 0 aromatic carbocycles. The van der Waals surface area contributed by atoms with Crippen LogP contribution in [-0.2, 0) is 0 Å². The van der Waals surface area contributed by atoms with Crippen molar-refractivity contribution in [3.05, 3.63) is 28.5 Å². The average molecular weight is 225 g/mol. The Morgan fingerprint density at radius 3 is 3.00 bits per heavy atom. The molecular formula is C9H9BrN2. The van der Waals surface area contributed by atoms with E-state index >= 15 is 0 Å². The maximum absolute atomic E-state index is 4.41. The molecule has 1 aromatic rings. The first kappa shape index (κ1) is 7.92. The zero-order valence-corrected chi connectivity index (χ0v) is 8.21. The number of hydrogen-bond donors (Lipinski definition) is 0. The van der Waals surface area contributed by atoms with Crippen LogP contribution in [0.3, 0.4) is 0 Å². The highest BCUT2D eigenvalue weighted by Crippen LogP contribution is 2.19. The lowest BCUT2D eigenvalue weighted by Crippen LogP contribution is -1.98. The van der Waals surface area contributed by atoms with E-state index in [-0.39, 0.29) is 0 Å². The normalized spacial score (nSPS) is 16.2. The van der Waals surface area contributed by atoms with Gasteiger partial charge in [0.2, 0.25) is 0 Å². The molecule has 2 rings (SSSR count). The number of aliphatic imine (C=N–C) groups is 1. The van der Waals surface area contributed by atoms with Gasteiger partial charge in [0.1, 0.15) is 4.60 Å². The first-order valence-electron chi connectivity index (χ1n) is 4.02. The Kier molecular flexibility index (Phi) is 2.21. The maximum Gasteiger partial charge on any atom is 0.115 e. The number of halogens is 1. The quantitative estimate of drug-likeness (QED) is 0.674. The molecule has 0 radical (unpaired) electrons. The van der Waals surface area contributed by atoms with Crippen molar-refractivity contribution in [3.8, 4) is 0 Å². The summed E-state index contributed by atoms with van der Waals surface area (Å²) in [4.78, 5) is 8.57. The molecule has 0 amide bonds. The molecule has 0 spiro atoms. The molecule has 0 saturated carbocycles. The third kappa shape index (κ3) is 1.41. The van der Waals surface area contributed by atoms with Crippen molar-refractivity contribution >= 4 is 21.6 Å². The molecule has 3 heteroatoms. The molecule has 0 fully saturated rings. The van der Waals surface area contributed by atoms with Gasteiger partial charge in [0, 0.05) is 24.0 Å². The summed E-state index contributed by atoms with van der Waals surface area (Å²) >= 11 is 3.41. The van der Waals surface area contributed by atoms with Crippen LogP contribution in [0.5, 0.6) is 0 Å². The predicted octanol–water partition coefficient (Wildman–Crippen LogP) is 2.43. The Balaban J connectivity index is 2.39. The van der Waals surface area contributed by atoms with Crippen molar-refractivity contribution in [2.45, 2.75) is 12.8 Å². The molecule has 0 N–H and O–H groups in total. The summed E-state index contributed by atoms with van der Waals surface area (Å²) in [5.41, 5.74) is 2.34. The van der Waals surface area contributed by atoms with E-state index in [0.29, 0.717) is 0 Å². The second-order valence-corrected chi connectivity index (χ2v) is 3.52. The highest BCUT2D eigenvalue weighted by molar-refractivity contribution is 9.10. The first-order chi connectivity index (χ1) is 5.88. The number of pyridine rings is 1. The second-order valence-electron chi connectivity index (χ2n) is 2.77. The van der Waals surface area contributed by atoms with Gasteiger partial charge >= 0.3 is 0 Å². The van der Waals surface area contributed by atoms with Crippen LogP contribution in [0.15, 0.2) is 27.9 Å². The van der Waals surface area contributed by atoms with Gasteiger partial charge in [0.05, 0.1) is 0 Å². The van der Waals surface area contributed by atoms with Crippen LogP contribution in [0.25, 0.3) is 0 Å². The second kappa shape index (κ2) is 3.35.